The van der Waals surface area contributed by atoms with Crippen LogP contribution in [0.25, 0.3) is 10.8 Å². The molecular weight excluding hydrogens is 266 g/mol. The van der Waals surface area contributed by atoms with Gasteiger partial charge in [0, 0.05) is 6.54 Å². The summed E-state index contributed by atoms with van der Waals surface area (Å²) in [7, 11) is 0. The zero-order valence-electron chi connectivity index (χ0n) is 11.4. The fraction of sp³-hybridized carbons (Fsp3) is 0.133. The maximum Gasteiger partial charge on any atom is 0.242 e. The number of anilines is 1. The fourth-order valence-electron chi connectivity index (χ4n) is 2.23. The molecule has 3 rings (SSSR count). The van der Waals surface area contributed by atoms with Gasteiger partial charge in [-0.15, -0.1) is 5.10 Å². The summed E-state index contributed by atoms with van der Waals surface area (Å²) in [5.74, 6) is 0.0321. The number of rotatable bonds is 4. The summed E-state index contributed by atoms with van der Waals surface area (Å²) in [6.45, 7) is 0.583. The Kier molecular flexibility index (Phi) is 3.51. The Morgan fingerprint density at radius 3 is 2.81 bits per heavy atom. The van der Waals surface area contributed by atoms with Gasteiger partial charge in [-0.1, -0.05) is 42.5 Å². The molecule has 6 heteroatoms. The number of fused-ring (bicyclic) bond motifs is 1. The number of carbonyl (C=O) groups is 1. The number of nitrogens with one attached hydrogen (secondary N) is 1. The first-order chi connectivity index (χ1) is 10.2. The molecule has 0 aliphatic rings. The average molecular weight is 281 g/mol. The Bertz CT molecular complexity index is 775. The maximum absolute atomic E-state index is 11.9. The lowest BCUT2D eigenvalue weighted by Crippen LogP contribution is -2.27. The van der Waals surface area contributed by atoms with Crippen LogP contribution in [-0.2, 0) is 17.9 Å². The van der Waals surface area contributed by atoms with Crippen LogP contribution < -0.4 is 11.1 Å². The lowest BCUT2D eigenvalue weighted by molar-refractivity contribution is -0.122. The summed E-state index contributed by atoms with van der Waals surface area (Å²) < 4.78 is 1.41. The van der Waals surface area contributed by atoms with E-state index in [1.165, 1.54) is 11.0 Å². The smallest absolute Gasteiger partial charge is 0.242 e. The van der Waals surface area contributed by atoms with Gasteiger partial charge in [0.25, 0.3) is 0 Å². The number of amides is 1. The molecule has 2 aromatic carbocycles. The number of nitrogen functional groups attached to an aromatic ring is 1. The van der Waals surface area contributed by atoms with Crippen LogP contribution in [0.2, 0.25) is 0 Å². The molecule has 0 atom stereocenters. The number of nitrogens with zero attached hydrogens (tertiary/aromatic N) is 3. The highest BCUT2D eigenvalue weighted by atomic mass is 16.2. The molecule has 1 heterocycles. The van der Waals surface area contributed by atoms with Crippen LogP contribution in [0.4, 0.5) is 5.95 Å². The third-order valence-electron chi connectivity index (χ3n) is 3.22. The molecule has 0 bridgehead atoms. The summed E-state index contributed by atoms with van der Waals surface area (Å²) in [6.07, 6.45) is 1.44. The van der Waals surface area contributed by atoms with E-state index in [0.29, 0.717) is 6.54 Å². The van der Waals surface area contributed by atoms with Gasteiger partial charge in [0.15, 0.2) is 0 Å². The minimum Gasteiger partial charge on any atom is -0.367 e. The lowest BCUT2D eigenvalue weighted by atomic mass is 10.0. The minimum absolute atomic E-state index is 0.106. The maximum atomic E-state index is 11.9. The Morgan fingerprint density at radius 1 is 1.19 bits per heavy atom. The Morgan fingerprint density at radius 2 is 2.00 bits per heavy atom. The summed E-state index contributed by atoms with van der Waals surface area (Å²) in [4.78, 5) is 15.7. The second-order valence-corrected chi connectivity index (χ2v) is 4.72. The average Bonchev–Trinajstić information content (AvgIpc) is 2.90. The van der Waals surface area contributed by atoms with E-state index in [2.05, 4.69) is 33.6 Å². The van der Waals surface area contributed by atoms with E-state index in [-0.39, 0.29) is 18.4 Å². The van der Waals surface area contributed by atoms with Crippen LogP contribution in [0.1, 0.15) is 5.56 Å². The van der Waals surface area contributed by atoms with E-state index in [4.69, 9.17) is 5.73 Å². The van der Waals surface area contributed by atoms with Crippen LogP contribution in [0.3, 0.4) is 0 Å². The van der Waals surface area contributed by atoms with Crippen LogP contribution in [0, 0.1) is 0 Å². The first-order valence-electron chi connectivity index (χ1n) is 6.60. The summed E-state index contributed by atoms with van der Waals surface area (Å²) in [5.41, 5.74) is 6.49. The second-order valence-electron chi connectivity index (χ2n) is 4.72. The number of carbonyl (C=O) groups excluding carboxylic acids is 1. The molecule has 21 heavy (non-hydrogen) atoms. The molecule has 1 amide bonds. The van der Waals surface area contributed by atoms with Crippen molar-refractivity contribution in [2.24, 2.45) is 0 Å². The molecule has 0 radical (unpaired) electrons. The molecule has 0 saturated heterocycles. The molecule has 0 aliphatic heterocycles. The third-order valence-corrected chi connectivity index (χ3v) is 3.22. The highest BCUT2D eigenvalue weighted by Crippen LogP contribution is 2.18. The Hall–Kier alpha value is -2.89. The molecule has 106 valence electrons. The number of nitrogens with two attached hydrogens (primary N) is 1. The van der Waals surface area contributed by atoms with Crippen LogP contribution in [0.5, 0.6) is 0 Å². The largest absolute Gasteiger partial charge is 0.367 e. The van der Waals surface area contributed by atoms with Gasteiger partial charge >= 0.3 is 0 Å². The van der Waals surface area contributed by atoms with Crippen molar-refractivity contribution < 1.29 is 4.79 Å². The molecule has 3 N–H and O–H groups in total. The van der Waals surface area contributed by atoms with Gasteiger partial charge in [-0.05, 0) is 16.3 Å². The van der Waals surface area contributed by atoms with E-state index in [9.17, 15) is 4.79 Å². The van der Waals surface area contributed by atoms with Gasteiger partial charge in [-0.2, -0.15) is 0 Å². The normalized spacial score (nSPS) is 10.7. The first-order valence-corrected chi connectivity index (χ1v) is 6.60. The zero-order valence-corrected chi connectivity index (χ0v) is 11.4. The zero-order chi connectivity index (χ0) is 14.7. The van der Waals surface area contributed by atoms with Crippen molar-refractivity contribution in [3.8, 4) is 0 Å². The van der Waals surface area contributed by atoms with Gasteiger partial charge in [0.2, 0.25) is 11.9 Å². The number of hydrogen-bond donors (Lipinski definition) is 2. The predicted octanol–water partition coefficient (Wildman–Crippen LogP) is 1.33. The molecule has 0 saturated carbocycles. The highest BCUT2D eigenvalue weighted by molar-refractivity contribution is 5.86. The Balaban J connectivity index is 1.67. The van der Waals surface area contributed by atoms with E-state index in [1.54, 1.807) is 0 Å². The monoisotopic (exact) mass is 281 g/mol. The predicted molar refractivity (Wildman–Crippen MR) is 80.2 cm³/mol. The van der Waals surface area contributed by atoms with E-state index >= 15 is 0 Å². The van der Waals surface area contributed by atoms with Crippen molar-refractivity contribution in [2.45, 2.75) is 13.1 Å². The number of benzene rings is 2. The van der Waals surface area contributed by atoms with Gasteiger partial charge in [-0.3, -0.25) is 4.79 Å². The van der Waals surface area contributed by atoms with Crippen molar-refractivity contribution in [2.75, 3.05) is 5.73 Å². The fourth-order valence-corrected chi connectivity index (χ4v) is 2.23. The van der Waals surface area contributed by atoms with Crippen molar-refractivity contribution in [3.63, 3.8) is 0 Å². The molecule has 0 unspecified atom stereocenters. The van der Waals surface area contributed by atoms with Gasteiger partial charge in [0.05, 0.1) is 0 Å². The van der Waals surface area contributed by atoms with Gasteiger partial charge in [0.1, 0.15) is 12.9 Å². The third kappa shape index (κ3) is 3.00. The SMILES string of the molecule is Nc1ncn(CC(=O)NCc2cccc3ccccc23)n1. The molecule has 1 aromatic heterocycles. The topological polar surface area (TPSA) is 85.8 Å². The van der Waals surface area contributed by atoms with E-state index in [1.807, 2.05) is 24.3 Å². The summed E-state index contributed by atoms with van der Waals surface area (Å²) in [6, 6.07) is 14.1. The summed E-state index contributed by atoms with van der Waals surface area (Å²) >= 11 is 0. The minimum atomic E-state index is -0.132. The van der Waals surface area contributed by atoms with Crippen molar-refractivity contribution in [1.29, 1.82) is 0 Å². The van der Waals surface area contributed by atoms with Crippen LogP contribution in [0.15, 0.2) is 48.8 Å². The molecule has 6 nitrogen and oxygen atoms in total. The first kappa shape index (κ1) is 13.1. The molecule has 0 spiro atoms. The van der Waals surface area contributed by atoms with Crippen LogP contribution >= 0.6 is 0 Å². The second kappa shape index (κ2) is 5.62. The summed E-state index contributed by atoms with van der Waals surface area (Å²) in [5, 5.41) is 9.06. The number of hydrogen-bond acceptors (Lipinski definition) is 4. The van der Waals surface area contributed by atoms with Crippen LogP contribution in [-0.4, -0.2) is 20.7 Å². The van der Waals surface area contributed by atoms with Crippen molar-refractivity contribution >= 4 is 22.6 Å². The molecule has 3 aromatic rings. The lowest BCUT2D eigenvalue weighted by Gasteiger charge is -2.08. The molecule has 0 fully saturated rings. The molecular formula is C15H15N5O. The van der Waals surface area contributed by atoms with Crippen molar-refractivity contribution in [1.82, 2.24) is 20.1 Å². The van der Waals surface area contributed by atoms with E-state index < -0.39 is 0 Å². The molecule has 0 aliphatic carbocycles. The highest BCUT2D eigenvalue weighted by Gasteiger charge is 2.06. The standard InChI is InChI=1S/C15H15N5O/c16-15-18-10-20(19-15)9-14(21)17-8-12-6-3-5-11-4-1-2-7-13(11)12/h1-7,10H,8-9H2,(H2,16,19)(H,17,21). The van der Waals surface area contributed by atoms with Gasteiger partial charge < -0.3 is 11.1 Å². The van der Waals surface area contributed by atoms with E-state index in [0.717, 1.165) is 16.3 Å². The van der Waals surface area contributed by atoms with Crippen molar-refractivity contribution in [3.05, 3.63) is 54.4 Å². The quantitative estimate of drug-likeness (QED) is 0.755. The number of aromatic nitrogens is 3. The van der Waals surface area contributed by atoms with Gasteiger partial charge in [-0.25, -0.2) is 9.67 Å². The Labute approximate surface area is 121 Å².